The quantitative estimate of drug-likeness (QED) is 0.801. The Morgan fingerprint density at radius 2 is 2.06 bits per heavy atom. The second-order valence-corrected chi connectivity index (χ2v) is 4.45. The van der Waals surface area contributed by atoms with E-state index in [-0.39, 0.29) is 6.10 Å². The third-order valence-electron chi connectivity index (χ3n) is 3.10. The summed E-state index contributed by atoms with van der Waals surface area (Å²) in [6.07, 6.45) is 4.55. The zero-order valence-corrected chi connectivity index (χ0v) is 10.2. The molecule has 3 heteroatoms. The summed E-state index contributed by atoms with van der Waals surface area (Å²) in [7, 11) is 0. The normalized spacial score (nSPS) is 18.3. The SMILES string of the molecule is CC1=NO[C@@H](c2ccccc2-c2cccnc2)C1. The van der Waals surface area contributed by atoms with Gasteiger partial charge in [0.15, 0.2) is 6.10 Å². The average Bonchev–Trinajstić information content (AvgIpc) is 2.86. The van der Waals surface area contributed by atoms with E-state index in [1.165, 1.54) is 11.1 Å². The summed E-state index contributed by atoms with van der Waals surface area (Å²) in [5.41, 5.74) is 4.49. The molecule has 2 aromatic rings. The Morgan fingerprint density at radius 1 is 1.17 bits per heavy atom. The average molecular weight is 238 g/mol. The largest absolute Gasteiger partial charge is 0.387 e. The number of hydrogen-bond donors (Lipinski definition) is 0. The summed E-state index contributed by atoms with van der Waals surface area (Å²) in [6.45, 7) is 1.99. The van der Waals surface area contributed by atoms with Crippen molar-refractivity contribution in [3.63, 3.8) is 0 Å². The van der Waals surface area contributed by atoms with Gasteiger partial charge < -0.3 is 4.84 Å². The minimum atomic E-state index is 0.0291. The van der Waals surface area contributed by atoms with Crippen molar-refractivity contribution in [1.29, 1.82) is 0 Å². The first-order valence-corrected chi connectivity index (χ1v) is 6.03. The second-order valence-electron chi connectivity index (χ2n) is 4.45. The summed E-state index contributed by atoms with van der Waals surface area (Å²) in [5, 5.41) is 4.03. The first-order chi connectivity index (χ1) is 8.84. The molecule has 0 N–H and O–H groups in total. The van der Waals surface area contributed by atoms with Crippen molar-refractivity contribution in [2.24, 2.45) is 5.16 Å². The molecular formula is C15H14N2O. The van der Waals surface area contributed by atoms with Crippen molar-refractivity contribution >= 4 is 5.71 Å². The highest BCUT2D eigenvalue weighted by Gasteiger charge is 2.22. The Bertz CT molecular complexity index is 578. The fourth-order valence-corrected chi connectivity index (χ4v) is 2.23. The van der Waals surface area contributed by atoms with Crippen LogP contribution in [0.25, 0.3) is 11.1 Å². The van der Waals surface area contributed by atoms with Gasteiger partial charge in [-0.1, -0.05) is 35.5 Å². The molecule has 1 atom stereocenters. The molecule has 1 aromatic heterocycles. The third kappa shape index (κ3) is 1.99. The van der Waals surface area contributed by atoms with Gasteiger partial charge in [-0.3, -0.25) is 4.98 Å². The molecule has 0 aliphatic carbocycles. The Balaban J connectivity index is 2.01. The van der Waals surface area contributed by atoms with Crippen molar-refractivity contribution in [3.8, 4) is 11.1 Å². The minimum Gasteiger partial charge on any atom is -0.387 e. The molecule has 3 nitrogen and oxygen atoms in total. The van der Waals surface area contributed by atoms with E-state index in [1.807, 2.05) is 31.3 Å². The lowest BCUT2D eigenvalue weighted by molar-refractivity contribution is 0.0861. The Hall–Kier alpha value is -2.16. The molecule has 3 rings (SSSR count). The van der Waals surface area contributed by atoms with E-state index < -0.39 is 0 Å². The molecule has 0 fully saturated rings. The number of pyridine rings is 1. The summed E-state index contributed by atoms with van der Waals surface area (Å²) >= 11 is 0. The number of benzene rings is 1. The molecule has 90 valence electrons. The zero-order chi connectivity index (χ0) is 12.4. The smallest absolute Gasteiger partial charge is 0.158 e. The van der Waals surface area contributed by atoms with Crippen LogP contribution in [0, 0.1) is 0 Å². The lowest BCUT2D eigenvalue weighted by Gasteiger charge is -2.13. The van der Waals surface area contributed by atoms with Crippen LogP contribution in [0.4, 0.5) is 0 Å². The van der Waals surface area contributed by atoms with E-state index in [2.05, 4.69) is 28.3 Å². The van der Waals surface area contributed by atoms with Crippen LogP contribution < -0.4 is 0 Å². The maximum absolute atomic E-state index is 5.48. The monoisotopic (exact) mass is 238 g/mol. The fourth-order valence-electron chi connectivity index (χ4n) is 2.23. The van der Waals surface area contributed by atoms with E-state index in [0.717, 1.165) is 17.7 Å². The Labute approximate surface area is 106 Å². The van der Waals surface area contributed by atoms with Crippen LogP contribution in [-0.2, 0) is 4.84 Å². The van der Waals surface area contributed by atoms with Gasteiger partial charge in [0.2, 0.25) is 0 Å². The highest BCUT2D eigenvalue weighted by molar-refractivity contribution is 5.83. The highest BCUT2D eigenvalue weighted by atomic mass is 16.6. The predicted molar refractivity (Wildman–Crippen MR) is 71.2 cm³/mol. The van der Waals surface area contributed by atoms with Gasteiger partial charge in [0.1, 0.15) is 0 Å². The first-order valence-electron chi connectivity index (χ1n) is 6.03. The number of oxime groups is 1. The first kappa shape index (κ1) is 11.0. The molecule has 1 aliphatic heterocycles. The van der Waals surface area contributed by atoms with Gasteiger partial charge in [-0.15, -0.1) is 0 Å². The number of rotatable bonds is 2. The topological polar surface area (TPSA) is 34.5 Å². The van der Waals surface area contributed by atoms with Crippen LogP contribution in [0.2, 0.25) is 0 Å². The molecule has 0 amide bonds. The summed E-state index contributed by atoms with van der Waals surface area (Å²) < 4.78 is 0. The van der Waals surface area contributed by atoms with Crippen molar-refractivity contribution in [3.05, 3.63) is 54.4 Å². The number of nitrogens with zero attached hydrogens (tertiary/aromatic N) is 2. The van der Waals surface area contributed by atoms with E-state index in [9.17, 15) is 0 Å². The maximum atomic E-state index is 5.48. The van der Waals surface area contributed by atoms with Crippen molar-refractivity contribution in [2.45, 2.75) is 19.4 Å². The zero-order valence-electron chi connectivity index (χ0n) is 10.2. The molecule has 0 bridgehead atoms. The summed E-state index contributed by atoms with van der Waals surface area (Å²) in [6, 6.07) is 12.3. The van der Waals surface area contributed by atoms with Crippen LogP contribution in [-0.4, -0.2) is 10.7 Å². The summed E-state index contributed by atoms with van der Waals surface area (Å²) in [5.74, 6) is 0. The van der Waals surface area contributed by atoms with Crippen LogP contribution in [0.5, 0.6) is 0 Å². The highest BCUT2D eigenvalue weighted by Crippen LogP contribution is 2.34. The van der Waals surface area contributed by atoms with Gasteiger partial charge in [-0.2, -0.15) is 0 Å². The molecule has 18 heavy (non-hydrogen) atoms. The van der Waals surface area contributed by atoms with Crippen LogP contribution >= 0.6 is 0 Å². The van der Waals surface area contributed by atoms with Gasteiger partial charge in [0.05, 0.1) is 5.71 Å². The summed E-state index contributed by atoms with van der Waals surface area (Å²) in [4.78, 5) is 9.66. The van der Waals surface area contributed by atoms with Gasteiger partial charge in [0.25, 0.3) is 0 Å². The third-order valence-corrected chi connectivity index (χ3v) is 3.10. The second kappa shape index (κ2) is 4.61. The van der Waals surface area contributed by atoms with E-state index in [1.54, 1.807) is 6.20 Å². The molecule has 0 spiro atoms. The lowest BCUT2D eigenvalue weighted by atomic mass is 9.95. The number of hydrogen-bond acceptors (Lipinski definition) is 3. The van der Waals surface area contributed by atoms with Crippen molar-refractivity contribution in [1.82, 2.24) is 4.98 Å². The molecule has 2 heterocycles. The van der Waals surface area contributed by atoms with E-state index >= 15 is 0 Å². The molecule has 0 saturated carbocycles. The van der Waals surface area contributed by atoms with E-state index in [0.29, 0.717) is 0 Å². The Morgan fingerprint density at radius 3 is 2.78 bits per heavy atom. The Kier molecular flexibility index (Phi) is 2.81. The lowest BCUT2D eigenvalue weighted by Crippen LogP contribution is -2.00. The van der Waals surface area contributed by atoms with Crippen LogP contribution in [0.15, 0.2) is 53.9 Å². The molecule has 1 aliphatic rings. The fraction of sp³-hybridized carbons (Fsp3) is 0.200. The molecular weight excluding hydrogens is 224 g/mol. The molecule has 0 radical (unpaired) electrons. The van der Waals surface area contributed by atoms with Crippen molar-refractivity contribution in [2.75, 3.05) is 0 Å². The molecule has 0 unspecified atom stereocenters. The van der Waals surface area contributed by atoms with Crippen LogP contribution in [0.3, 0.4) is 0 Å². The van der Waals surface area contributed by atoms with E-state index in [4.69, 9.17) is 4.84 Å². The molecule has 1 aromatic carbocycles. The number of aromatic nitrogens is 1. The van der Waals surface area contributed by atoms with Gasteiger partial charge in [0, 0.05) is 29.9 Å². The van der Waals surface area contributed by atoms with Crippen LogP contribution in [0.1, 0.15) is 25.0 Å². The van der Waals surface area contributed by atoms with Gasteiger partial charge >= 0.3 is 0 Å². The van der Waals surface area contributed by atoms with Gasteiger partial charge in [-0.25, -0.2) is 0 Å². The molecule has 0 saturated heterocycles. The maximum Gasteiger partial charge on any atom is 0.158 e. The predicted octanol–water partition coefficient (Wildman–Crippen LogP) is 3.59. The van der Waals surface area contributed by atoms with Crippen molar-refractivity contribution < 1.29 is 4.84 Å². The standard InChI is InChI=1S/C15H14N2O/c1-11-9-15(18-17-11)14-7-3-2-6-13(14)12-5-4-8-16-10-12/h2-8,10,15H,9H2,1H3/t15-/m1/s1. The van der Waals surface area contributed by atoms with Gasteiger partial charge in [-0.05, 0) is 18.6 Å². The minimum absolute atomic E-state index is 0.0291.